The van der Waals surface area contributed by atoms with Gasteiger partial charge in [-0.05, 0) is 47.0 Å². The largest absolute Gasteiger partial charge is 0.444 e. The zero-order valence-corrected chi connectivity index (χ0v) is 21.9. The van der Waals surface area contributed by atoms with E-state index < -0.39 is 35.7 Å². The molecule has 6 heteroatoms. The van der Waals surface area contributed by atoms with E-state index in [0.29, 0.717) is 0 Å². The lowest BCUT2D eigenvalue weighted by Gasteiger charge is -2.38. The Morgan fingerprint density at radius 2 is 1.53 bits per heavy atom. The lowest BCUT2D eigenvalue weighted by Crippen LogP contribution is -2.56. The van der Waals surface area contributed by atoms with Gasteiger partial charge in [0.25, 0.3) is 0 Å². The summed E-state index contributed by atoms with van der Waals surface area (Å²) >= 11 is 0. The van der Waals surface area contributed by atoms with Gasteiger partial charge in [0.05, 0.1) is 18.8 Å². The Labute approximate surface area is 197 Å². The fourth-order valence-corrected chi connectivity index (χ4v) is 4.44. The van der Waals surface area contributed by atoms with Crippen molar-refractivity contribution in [1.29, 1.82) is 0 Å². The van der Waals surface area contributed by atoms with Gasteiger partial charge >= 0.3 is 6.09 Å². The highest BCUT2D eigenvalue weighted by Crippen LogP contribution is 2.33. The van der Waals surface area contributed by atoms with Crippen molar-refractivity contribution in [1.82, 2.24) is 4.90 Å². The molecule has 32 heavy (non-hydrogen) atoms. The number of unbranched alkanes of at least 4 members (excludes halogenated alkanes) is 9. The van der Waals surface area contributed by atoms with E-state index in [0.717, 1.165) is 19.3 Å². The fraction of sp³-hybridized carbons (Fsp3) is 0.962. The Morgan fingerprint density at radius 3 is 2.03 bits per heavy atom. The van der Waals surface area contributed by atoms with Crippen LogP contribution in [0.1, 0.15) is 119 Å². The van der Waals surface area contributed by atoms with Crippen molar-refractivity contribution in [3.8, 4) is 0 Å². The minimum absolute atomic E-state index is 0.0526. The summed E-state index contributed by atoms with van der Waals surface area (Å²) in [6.07, 6.45) is 11.1. The Kier molecular flexibility index (Phi) is 12.5. The predicted octanol–water partition coefficient (Wildman–Crippen LogP) is 6.03. The lowest BCUT2D eigenvalue weighted by molar-refractivity contribution is -0.0829. The van der Waals surface area contributed by atoms with E-state index in [1.54, 1.807) is 13.8 Å². The predicted molar refractivity (Wildman–Crippen MR) is 130 cm³/mol. The van der Waals surface area contributed by atoms with Crippen molar-refractivity contribution >= 4 is 6.09 Å². The molecule has 1 amide bonds. The van der Waals surface area contributed by atoms with E-state index in [2.05, 4.69) is 6.92 Å². The van der Waals surface area contributed by atoms with Gasteiger partial charge in [0.15, 0.2) is 0 Å². The van der Waals surface area contributed by atoms with Crippen molar-refractivity contribution in [2.75, 3.05) is 6.61 Å². The van der Waals surface area contributed by atoms with Crippen molar-refractivity contribution in [2.24, 2.45) is 5.92 Å². The molecule has 4 atom stereocenters. The van der Waals surface area contributed by atoms with E-state index >= 15 is 0 Å². The maximum absolute atomic E-state index is 12.8. The van der Waals surface area contributed by atoms with E-state index in [1.807, 2.05) is 27.7 Å². The minimum Gasteiger partial charge on any atom is -0.444 e. The highest BCUT2D eigenvalue weighted by atomic mass is 16.6. The Balaban J connectivity index is 2.43. The van der Waals surface area contributed by atoms with Crippen LogP contribution in [0.15, 0.2) is 0 Å². The van der Waals surface area contributed by atoms with Crippen molar-refractivity contribution in [3.63, 3.8) is 0 Å². The number of hydrogen-bond donors (Lipinski definition) is 2. The van der Waals surface area contributed by atoms with Gasteiger partial charge < -0.3 is 19.7 Å². The van der Waals surface area contributed by atoms with E-state index in [4.69, 9.17) is 9.47 Å². The first kappa shape index (κ1) is 29.2. The second-order valence-electron chi connectivity index (χ2n) is 11.1. The zero-order valence-electron chi connectivity index (χ0n) is 21.9. The monoisotopic (exact) mass is 457 g/mol. The molecule has 0 bridgehead atoms. The summed E-state index contributed by atoms with van der Waals surface area (Å²) in [6, 6.07) is -0.634. The number of carbonyl (C=O) groups excluding carboxylic acids is 1. The van der Waals surface area contributed by atoms with Crippen LogP contribution in [0.5, 0.6) is 0 Å². The van der Waals surface area contributed by atoms with E-state index in [9.17, 15) is 15.0 Å². The van der Waals surface area contributed by atoms with Gasteiger partial charge in [-0.1, -0.05) is 78.1 Å². The molecule has 0 spiro atoms. The van der Waals surface area contributed by atoms with Gasteiger partial charge in [-0.2, -0.15) is 0 Å². The number of ether oxygens (including phenoxy) is 2. The molecule has 0 aliphatic carbocycles. The highest BCUT2D eigenvalue weighted by Gasteiger charge is 2.50. The van der Waals surface area contributed by atoms with Crippen molar-refractivity contribution in [3.05, 3.63) is 0 Å². The maximum atomic E-state index is 12.8. The van der Waals surface area contributed by atoms with Gasteiger partial charge in [-0.3, -0.25) is 4.90 Å². The van der Waals surface area contributed by atoms with E-state index in [-0.39, 0.29) is 12.5 Å². The molecule has 0 radical (unpaired) electrons. The third-order valence-corrected chi connectivity index (χ3v) is 6.45. The molecule has 0 aromatic carbocycles. The second kappa shape index (κ2) is 13.8. The van der Waals surface area contributed by atoms with Crippen LogP contribution in [0.25, 0.3) is 0 Å². The van der Waals surface area contributed by atoms with Gasteiger partial charge in [0.1, 0.15) is 17.4 Å². The number of hydrogen-bond acceptors (Lipinski definition) is 5. The zero-order chi connectivity index (χ0) is 24.4. The van der Waals surface area contributed by atoms with Crippen molar-refractivity contribution in [2.45, 2.75) is 149 Å². The van der Waals surface area contributed by atoms with Crippen molar-refractivity contribution < 1.29 is 24.5 Å². The molecule has 1 aliphatic heterocycles. The van der Waals surface area contributed by atoms with Crippen LogP contribution in [-0.2, 0) is 9.47 Å². The Bertz CT molecular complexity index is 531. The first-order valence-electron chi connectivity index (χ1n) is 12.9. The minimum atomic E-state index is -1.08. The molecule has 190 valence electrons. The molecule has 0 aromatic rings. The molecule has 1 fully saturated rings. The fourth-order valence-electron chi connectivity index (χ4n) is 4.44. The van der Waals surface area contributed by atoms with Crippen LogP contribution in [0.4, 0.5) is 4.79 Å². The van der Waals surface area contributed by atoms with Crippen LogP contribution in [0.2, 0.25) is 0 Å². The first-order chi connectivity index (χ1) is 14.9. The molecule has 1 aliphatic rings. The highest BCUT2D eigenvalue weighted by molar-refractivity contribution is 5.70. The average Bonchev–Trinajstić information content (AvgIpc) is 3.01. The quantitative estimate of drug-likeness (QED) is 0.311. The molecule has 1 saturated heterocycles. The number of aliphatic hydroxyl groups is 2. The lowest BCUT2D eigenvalue weighted by atomic mass is 9.90. The summed E-state index contributed by atoms with van der Waals surface area (Å²) in [6.45, 7) is 13.4. The molecule has 0 aromatic heterocycles. The average molecular weight is 458 g/mol. The molecular formula is C26H51NO5. The maximum Gasteiger partial charge on any atom is 0.412 e. The van der Waals surface area contributed by atoms with Gasteiger partial charge in [-0.25, -0.2) is 4.79 Å². The topological polar surface area (TPSA) is 79.2 Å². The first-order valence-corrected chi connectivity index (χ1v) is 12.9. The van der Waals surface area contributed by atoms with Gasteiger partial charge in [-0.15, -0.1) is 0 Å². The summed E-state index contributed by atoms with van der Waals surface area (Å²) in [7, 11) is 0. The molecule has 1 heterocycles. The number of amides is 1. The van der Waals surface area contributed by atoms with Crippen LogP contribution in [0.3, 0.4) is 0 Å². The van der Waals surface area contributed by atoms with E-state index in [1.165, 1.54) is 56.3 Å². The number of carbonyl (C=O) groups is 1. The smallest absolute Gasteiger partial charge is 0.412 e. The second-order valence-corrected chi connectivity index (χ2v) is 11.1. The third kappa shape index (κ3) is 9.96. The van der Waals surface area contributed by atoms with Crippen LogP contribution in [-0.4, -0.2) is 57.4 Å². The molecule has 0 saturated carbocycles. The Morgan fingerprint density at radius 1 is 1.03 bits per heavy atom. The van der Waals surface area contributed by atoms with Crippen LogP contribution in [0, 0.1) is 5.92 Å². The third-order valence-electron chi connectivity index (χ3n) is 6.45. The summed E-state index contributed by atoms with van der Waals surface area (Å²) in [5.41, 5.74) is -1.54. The standard InChI is InChI=1S/C26H51NO5/c1-8-9-10-11-12-13-14-15-16-17-18-20(2)22(28)23(29)21-19-31-26(6,7)27(21)24(30)32-25(3,4)5/h20-23,28-29H,8-19H2,1-7H3/t20?,21-,22+,23-/m0/s1. The summed E-state index contributed by atoms with van der Waals surface area (Å²) in [4.78, 5) is 14.2. The number of rotatable bonds is 14. The molecular weight excluding hydrogens is 406 g/mol. The number of aliphatic hydroxyl groups excluding tert-OH is 2. The normalized spacial score (nSPS) is 21.4. The Hall–Kier alpha value is -0.850. The molecule has 1 unspecified atom stereocenters. The molecule has 6 nitrogen and oxygen atoms in total. The van der Waals surface area contributed by atoms with Gasteiger partial charge in [0.2, 0.25) is 0 Å². The van der Waals surface area contributed by atoms with Crippen LogP contribution < -0.4 is 0 Å². The SMILES string of the molecule is CCCCCCCCCCCCC(C)[C@@H](O)[C@@H](O)[C@@H]1COC(C)(C)N1C(=O)OC(C)(C)C. The molecule has 2 N–H and O–H groups in total. The summed E-state index contributed by atoms with van der Waals surface area (Å²) in [5, 5.41) is 21.7. The van der Waals surface area contributed by atoms with Gasteiger partial charge in [0, 0.05) is 0 Å². The number of nitrogens with zero attached hydrogens (tertiary/aromatic N) is 1. The molecule has 1 rings (SSSR count). The summed E-state index contributed by atoms with van der Waals surface area (Å²) in [5.74, 6) is -0.0526. The summed E-state index contributed by atoms with van der Waals surface area (Å²) < 4.78 is 11.3. The van der Waals surface area contributed by atoms with Crippen LogP contribution >= 0.6 is 0 Å².